The molecule has 3 heterocycles. The van der Waals surface area contributed by atoms with E-state index in [1.807, 2.05) is 19.1 Å². The molecule has 0 N–H and O–H groups in total. The highest BCUT2D eigenvalue weighted by molar-refractivity contribution is 7.89. The van der Waals surface area contributed by atoms with Gasteiger partial charge in [0.2, 0.25) is 16.0 Å². The van der Waals surface area contributed by atoms with Gasteiger partial charge in [-0.25, -0.2) is 13.4 Å². The fourth-order valence-corrected chi connectivity index (χ4v) is 5.40. The van der Waals surface area contributed by atoms with Crippen molar-refractivity contribution in [1.82, 2.24) is 14.3 Å². The van der Waals surface area contributed by atoms with Crippen molar-refractivity contribution in [2.75, 3.05) is 49.1 Å². The number of aromatic nitrogens is 2. The number of nitrogens with zero attached hydrogens (tertiary/aromatic N) is 6. The summed E-state index contributed by atoms with van der Waals surface area (Å²) in [6.07, 6.45) is 2.32. The van der Waals surface area contributed by atoms with Gasteiger partial charge in [0.1, 0.15) is 11.9 Å². The number of nitriles is 1. The lowest BCUT2D eigenvalue weighted by atomic mass is 10.2. The Balaban J connectivity index is 1.50. The Kier molecular flexibility index (Phi) is 5.39. The largest absolute Gasteiger partial charge is 0.354 e. The highest BCUT2D eigenvalue weighted by Gasteiger charge is 2.31. The number of hydrogen-bond donors (Lipinski definition) is 0. The summed E-state index contributed by atoms with van der Waals surface area (Å²) < 4.78 is 27.5. The summed E-state index contributed by atoms with van der Waals surface area (Å²) in [5.74, 6) is 1.60. The molecule has 0 bridgehead atoms. The Morgan fingerprint density at radius 2 is 1.66 bits per heavy atom. The van der Waals surface area contributed by atoms with Crippen LogP contribution in [0.3, 0.4) is 0 Å². The van der Waals surface area contributed by atoms with E-state index >= 15 is 0 Å². The van der Waals surface area contributed by atoms with Crippen LogP contribution in [0.15, 0.2) is 35.2 Å². The maximum absolute atomic E-state index is 13.0. The summed E-state index contributed by atoms with van der Waals surface area (Å²) in [5.41, 5.74) is 1.09. The fourth-order valence-electron chi connectivity index (χ4n) is 3.84. The van der Waals surface area contributed by atoms with E-state index in [0.717, 1.165) is 43.4 Å². The first-order valence-electron chi connectivity index (χ1n) is 9.84. The SMILES string of the molecule is Cc1cc(N2CCN(S(=O)(=O)c3ccccc3C#N)CC2)nc(N2CCCC2)n1. The summed E-state index contributed by atoms with van der Waals surface area (Å²) in [6.45, 7) is 5.72. The maximum Gasteiger partial charge on any atom is 0.244 e. The minimum Gasteiger partial charge on any atom is -0.354 e. The molecule has 0 spiro atoms. The van der Waals surface area contributed by atoms with Crippen LogP contribution in [0.4, 0.5) is 11.8 Å². The molecule has 0 amide bonds. The molecular weight excluding hydrogens is 388 g/mol. The smallest absolute Gasteiger partial charge is 0.244 e. The van der Waals surface area contributed by atoms with Crippen LogP contribution in [-0.2, 0) is 10.0 Å². The lowest BCUT2D eigenvalue weighted by Crippen LogP contribution is -2.49. The van der Waals surface area contributed by atoms with Crippen LogP contribution >= 0.6 is 0 Å². The number of sulfonamides is 1. The Bertz CT molecular complexity index is 1040. The van der Waals surface area contributed by atoms with E-state index in [1.165, 1.54) is 16.4 Å². The molecule has 2 aliphatic rings. The molecule has 152 valence electrons. The average Bonchev–Trinajstić information content (AvgIpc) is 3.28. The average molecular weight is 413 g/mol. The van der Waals surface area contributed by atoms with Crippen LogP contribution in [0.1, 0.15) is 24.1 Å². The first-order chi connectivity index (χ1) is 14.0. The van der Waals surface area contributed by atoms with E-state index in [2.05, 4.69) is 14.8 Å². The van der Waals surface area contributed by atoms with Crippen LogP contribution in [0, 0.1) is 18.3 Å². The molecule has 9 heteroatoms. The Morgan fingerprint density at radius 1 is 0.966 bits per heavy atom. The summed E-state index contributed by atoms with van der Waals surface area (Å²) >= 11 is 0. The summed E-state index contributed by atoms with van der Waals surface area (Å²) in [4.78, 5) is 13.7. The Labute approximate surface area is 171 Å². The third-order valence-corrected chi connectivity index (χ3v) is 7.36. The van der Waals surface area contributed by atoms with E-state index in [4.69, 9.17) is 4.98 Å². The molecule has 0 aliphatic carbocycles. The van der Waals surface area contributed by atoms with E-state index in [-0.39, 0.29) is 10.5 Å². The molecule has 2 aromatic rings. The zero-order chi connectivity index (χ0) is 20.4. The van der Waals surface area contributed by atoms with Crippen molar-refractivity contribution in [2.24, 2.45) is 0 Å². The third kappa shape index (κ3) is 3.91. The van der Waals surface area contributed by atoms with Gasteiger partial charge in [-0.3, -0.25) is 0 Å². The van der Waals surface area contributed by atoms with Gasteiger partial charge in [-0.2, -0.15) is 14.6 Å². The molecule has 1 aromatic carbocycles. The Hall–Kier alpha value is -2.70. The highest BCUT2D eigenvalue weighted by Crippen LogP contribution is 2.24. The van der Waals surface area contributed by atoms with Crippen molar-refractivity contribution in [3.8, 4) is 6.07 Å². The van der Waals surface area contributed by atoms with E-state index in [0.29, 0.717) is 26.2 Å². The lowest BCUT2D eigenvalue weighted by Gasteiger charge is -2.35. The van der Waals surface area contributed by atoms with Crippen LogP contribution in [0.25, 0.3) is 0 Å². The zero-order valence-electron chi connectivity index (χ0n) is 16.5. The van der Waals surface area contributed by atoms with Gasteiger partial charge in [0.05, 0.1) is 10.5 Å². The Morgan fingerprint density at radius 3 is 2.34 bits per heavy atom. The molecule has 29 heavy (non-hydrogen) atoms. The molecule has 2 saturated heterocycles. The molecule has 8 nitrogen and oxygen atoms in total. The normalized spacial score (nSPS) is 18.1. The van der Waals surface area contributed by atoms with Gasteiger partial charge in [0, 0.05) is 51.0 Å². The molecule has 0 radical (unpaired) electrons. The maximum atomic E-state index is 13.0. The first kappa shape index (κ1) is 19.6. The quantitative estimate of drug-likeness (QED) is 0.755. The second-order valence-corrected chi connectivity index (χ2v) is 9.27. The van der Waals surface area contributed by atoms with Crippen LogP contribution in [-0.4, -0.2) is 62.0 Å². The molecule has 1 aromatic heterocycles. The number of hydrogen-bond acceptors (Lipinski definition) is 7. The predicted octanol–water partition coefficient (Wildman–Crippen LogP) is 1.77. The number of aryl methyl sites for hydroxylation is 1. The van der Waals surface area contributed by atoms with E-state index in [1.54, 1.807) is 12.1 Å². The van der Waals surface area contributed by atoms with E-state index in [9.17, 15) is 13.7 Å². The van der Waals surface area contributed by atoms with Gasteiger partial charge in [-0.1, -0.05) is 12.1 Å². The molecule has 0 atom stereocenters. The van der Waals surface area contributed by atoms with Crippen molar-refractivity contribution in [3.63, 3.8) is 0 Å². The summed E-state index contributed by atoms with van der Waals surface area (Å²) in [6, 6.07) is 10.3. The molecule has 0 saturated carbocycles. The van der Waals surface area contributed by atoms with Gasteiger partial charge >= 0.3 is 0 Å². The van der Waals surface area contributed by atoms with Gasteiger partial charge in [-0.05, 0) is 31.9 Å². The monoisotopic (exact) mass is 412 g/mol. The minimum atomic E-state index is -3.70. The number of anilines is 2. The van der Waals surface area contributed by atoms with Crippen molar-refractivity contribution >= 4 is 21.8 Å². The predicted molar refractivity (Wildman–Crippen MR) is 110 cm³/mol. The lowest BCUT2D eigenvalue weighted by molar-refractivity contribution is 0.383. The molecule has 2 fully saturated rings. The van der Waals surface area contributed by atoms with Crippen LogP contribution in [0.5, 0.6) is 0 Å². The van der Waals surface area contributed by atoms with Crippen molar-refractivity contribution in [2.45, 2.75) is 24.7 Å². The first-order valence-corrected chi connectivity index (χ1v) is 11.3. The topological polar surface area (TPSA) is 93.4 Å². The van der Waals surface area contributed by atoms with Gasteiger partial charge in [0.25, 0.3) is 0 Å². The second kappa shape index (κ2) is 7.97. The molecule has 2 aliphatic heterocycles. The highest BCUT2D eigenvalue weighted by atomic mass is 32.2. The van der Waals surface area contributed by atoms with Crippen molar-refractivity contribution in [3.05, 3.63) is 41.6 Å². The molecule has 0 unspecified atom stereocenters. The minimum absolute atomic E-state index is 0.0742. The van der Waals surface area contributed by atoms with Crippen LogP contribution in [0.2, 0.25) is 0 Å². The molecular formula is C20H24N6O2S. The zero-order valence-corrected chi connectivity index (χ0v) is 17.3. The molecule has 4 rings (SSSR count). The van der Waals surface area contributed by atoms with Crippen molar-refractivity contribution < 1.29 is 8.42 Å². The fraction of sp³-hybridized carbons (Fsp3) is 0.450. The van der Waals surface area contributed by atoms with Gasteiger partial charge < -0.3 is 9.80 Å². The second-order valence-electron chi connectivity index (χ2n) is 7.36. The van der Waals surface area contributed by atoms with Gasteiger partial charge in [-0.15, -0.1) is 0 Å². The standard InChI is InChI=1S/C20H24N6O2S/c1-16-14-19(23-20(22-16)25-8-4-5-9-25)24-10-12-26(13-11-24)29(27,28)18-7-3-2-6-17(18)15-21/h2-3,6-7,14H,4-5,8-13H2,1H3. The van der Waals surface area contributed by atoms with Crippen molar-refractivity contribution in [1.29, 1.82) is 5.26 Å². The van der Waals surface area contributed by atoms with E-state index < -0.39 is 10.0 Å². The summed E-state index contributed by atoms with van der Waals surface area (Å²) in [7, 11) is -3.70. The third-order valence-electron chi connectivity index (χ3n) is 5.41. The number of piperazine rings is 1. The number of benzene rings is 1. The van der Waals surface area contributed by atoms with Crippen LogP contribution < -0.4 is 9.80 Å². The van der Waals surface area contributed by atoms with Gasteiger partial charge in [0.15, 0.2) is 0 Å². The number of rotatable bonds is 4. The summed E-state index contributed by atoms with van der Waals surface area (Å²) in [5, 5.41) is 9.25.